The van der Waals surface area contributed by atoms with Crippen LogP contribution in [-0.4, -0.2) is 16.7 Å². The van der Waals surface area contributed by atoms with Crippen LogP contribution in [0.1, 0.15) is 26.4 Å². The van der Waals surface area contributed by atoms with Crippen LogP contribution in [0.2, 0.25) is 0 Å². The molecular formula is C16H8NO3-. The van der Waals surface area contributed by atoms with E-state index in [2.05, 4.69) is 4.98 Å². The number of aromatic amines is 1. The Kier molecular flexibility index (Phi) is 1.96. The van der Waals surface area contributed by atoms with Gasteiger partial charge in [0.05, 0.1) is 11.7 Å². The summed E-state index contributed by atoms with van der Waals surface area (Å²) in [6.07, 6.45) is 0. The molecule has 0 fully saturated rings. The van der Waals surface area contributed by atoms with Crippen LogP contribution in [0.25, 0.3) is 22.0 Å². The first-order valence-electron chi connectivity index (χ1n) is 6.18. The lowest BCUT2D eigenvalue weighted by molar-refractivity contribution is -0.255. The Morgan fingerprint density at radius 2 is 1.65 bits per heavy atom. The number of aromatic carboxylic acids is 1. The smallest absolute Gasteiger partial charge is 0.194 e. The maximum atomic E-state index is 12.5. The molecule has 0 unspecified atom stereocenters. The van der Waals surface area contributed by atoms with E-state index in [1.165, 1.54) is 0 Å². The molecule has 4 rings (SSSR count). The molecule has 4 heteroatoms. The van der Waals surface area contributed by atoms with Gasteiger partial charge in [-0.05, 0) is 11.6 Å². The van der Waals surface area contributed by atoms with E-state index in [1.54, 1.807) is 42.5 Å². The normalized spacial score (nSPS) is 12.5. The second kappa shape index (κ2) is 3.57. The number of hydrogen-bond acceptors (Lipinski definition) is 3. The van der Waals surface area contributed by atoms with Crippen molar-refractivity contribution in [1.82, 2.24) is 4.98 Å². The van der Waals surface area contributed by atoms with Gasteiger partial charge in [0, 0.05) is 27.6 Å². The van der Waals surface area contributed by atoms with Crippen molar-refractivity contribution in [3.8, 4) is 11.1 Å². The molecule has 0 saturated carbocycles. The maximum Gasteiger partial charge on any atom is 0.194 e. The predicted octanol–water partition coefficient (Wildman–Crippen LogP) is 1.74. The third-order valence-corrected chi connectivity index (χ3v) is 3.71. The van der Waals surface area contributed by atoms with E-state index in [0.717, 1.165) is 0 Å². The van der Waals surface area contributed by atoms with Crippen molar-refractivity contribution in [2.45, 2.75) is 0 Å². The molecule has 20 heavy (non-hydrogen) atoms. The summed E-state index contributed by atoms with van der Waals surface area (Å²) >= 11 is 0. The van der Waals surface area contributed by atoms with Crippen LogP contribution in [0.4, 0.5) is 0 Å². The first kappa shape index (κ1) is 11.0. The highest BCUT2D eigenvalue weighted by molar-refractivity contribution is 6.27. The number of carbonyl (C=O) groups excluding carboxylic acids is 2. The lowest BCUT2D eigenvalue weighted by Gasteiger charge is -2.17. The molecule has 1 N–H and O–H groups in total. The monoisotopic (exact) mass is 262 g/mol. The average Bonchev–Trinajstić information content (AvgIpc) is 2.85. The summed E-state index contributed by atoms with van der Waals surface area (Å²) in [7, 11) is 0. The van der Waals surface area contributed by atoms with Crippen LogP contribution in [0.3, 0.4) is 0 Å². The van der Waals surface area contributed by atoms with Gasteiger partial charge >= 0.3 is 0 Å². The molecule has 0 saturated heterocycles. The summed E-state index contributed by atoms with van der Waals surface area (Å²) in [5.74, 6) is -1.35. The molecule has 1 aliphatic rings. The van der Waals surface area contributed by atoms with Crippen molar-refractivity contribution in [3.05, 3.63) is 59.3 Å². The minimum absolute atomic E-state index is 0.0207. The molecule has 1 aromatic heterocycles. The minimum Gasteiger partial charge on any atom is -0.543 e. The molecule has 0 bridgehead atoms. The Hall–Kier alpha value is -2.88. The number of carbonyl (C=O) groups is 2. The molecule has 1 aliphatic carbocycles. The number of fused-ring (bicyclic) bond motifs is 2. The zero-order valence-electron chi connectivity index (χ0n) is 10.3. The number of nitrogens with one attached hydrogen (secondary N) is 1. The zero-order chi connectivity index (χ0) is 13.9. The summed E-state index contributed by atoms with van der Waals surface area (Å²) in [5, 5.41) is 12.0. The van der Waals surface area contributed by atoms with Gasteiger partial charge in [-0.1, -0.05) is 36.4 Å². The topological polar surface area (TPSA) is 73.0 Å². The van der Waals surface area contributed by atoms with Gasteiger partial charge < -0.3 is 14.9 Å². The van der Waals surface area contributed by atoms with E-state index < -0.39 is 5.97 Å². The SMILES string of the molecule is O=C([O-])c1[nH]c2cccc3c2c1-c1ccccc1C3=O. The summed E-state index contributed by atoms with van der Waals surface area (Å²) in [6, 6.07) is 12.3. The van der Waals surface area contributed by atoms with Crippen molar-refractivity contribution in [2.24, 2.45) is 0 Å². The molecule has 96 valence electrons. The van der Waals surface area contributed by atoms with Crippen molar-refractivity contribution in [1.29, 1.82) is 0 Å². The van der Waals surface area contributed by atoms with Gasteiger partial charge in [0.15, 0.2) is 5.78 Å². The van der Waals surface area contributed by atoms with Crippen molar-refractivity contribution < 1.29 is 14.7 Å². The number of ketones is 1. The summed E-state index contributed by atoms with van der Waals surface area (Å²) in [4.78, 5) is 26.7. The maximum absolute atomic E-state index is 12.5. The van der Waals surface area contributed by atoms with Gasteiger partial charge in [0.25, 0.3) is 0 Å². The molecule has 4 nitrogen and oxygen atoms in total. The minimum atomic E-state index is -1.27. The fourth-order valence-corrected chi connectivity index (χ4v) is 2.90. The van der Waals surface area contributed by atoms with E-state index in [-0.39, 0.29) is 11.5 Å². The standard InChI is InChI=1S/C16H9NO3/c18-15-9-5-2-1-4-8(9)13-12-10(15)6-3-7-11(12)17-14(13)16(19)20/h1-7,17H,(H,19,20)/p-1. The number of rotatable bonds is 1. The fraction of sp³-hybridized carbons (Fsp3) is 0. The van der Waals surface area contributed by atoms with Gasteiger partial charge in [0.1, 0.15) is 0 Å². The van der Waals surface area contributed by atoms with Gasteiger partial charge in [-0.2, -0.15) is 0 Å². The molecule has 0 atom stereocenters. The van der Waals surface area contributed by atoms with E-state index in [9.17, 15) is 14.7 Å². The largest absolute Gasteiger partial charge is 0.543 e. The summed E-state index contributed by atoms with van der Waals surface area (Å²) in [6.45, 7) is 0. The van der Waals surface area contributed by atoms with Crippen LogP contribution < -0.4 is 5.11 Å². The second-order valence-corrected chi connectivity index (χ2v) is 4.77. The van der Waals surface area contributed by atoms with Crippen LogP contribution in [0.15, 0.2) is 42.5 Å². The number of hydrogen-bond donors (Lipinski definition) is 1. The average molecular weight is 262 g/mol. The molecule has 1 heterocycles. The molecule has 2 aromatic carbocycles. The van der Waals surface area contributed by atoms with Crippen molar-refractivity contribution >= 4 is 22.7 Å². The fourth-order valence-electron chi connectivity index (χ4n) is 2.90. The van der Waals surface area contributed by atoms with Crippen LogP contribution in [-0.2, 0) is 0 Å². The van der Waals surface area contributed by atoms with Crippen LogP contribution in [0.5, 0.6) is 0 Å². The van der Waals surface area contributed by atoms with E-state index in [0.29, 0.717) is 33.2 Å². The van der Waals surface area contributed by atoms with Gasteiger partial charge in [-0.3, -0.25) is 4.79 Å². The number of carboxylic acid groups (broad SMARTS) is 1. The summed E-state index contributed by atoms with van der Waals surface area (Å²) in [5.41, 5.74) is 2.90. The Balaban J connectivity index is 2.28. The Morgan fingerprint density at radius 3 is 2.40 bits per heavy atom. The lowest BCUT2D eigenvalue weighted by atomic mass is 9.85. The van der Waals surface area contributed by atoms with Gasteiger partial charge in [-0.15, -0.1) is 0 Å². The first-order chi connectivity index (χ1) is 9.68. The lowest BCUT2D eigenvalue weighted by Crippen LogP contribution is -2.23. The number of H-pyrrole nitrogens is 1. The molecule has 0 aliphatic heterocycles. The van der Waals surface area contributed by atoms with E-state index in [4.69, 9.17) is 0 Å². The van der Waals surface area contributed by atoms with Crippen molar-refractivity contribution in [2.75, 3.05) is 0 Å². The third kappa shape index (κ3) is 1.20. The van der Waals surface area contributed by atoms with Gasteiger partial charge in [-0.25, -0.2) is 0 Å². The van der Waals surface area contributed by atoms with E-state index in [1.807, 2.05) is 0 Å². The van der Waals surface area contributed by atoms with Crippen LogP contribution >= 0.6 is 0 Å². The number of aromatic nitrogens is 1. The van der Waals surface area contributed by atoms with E-state index >= 15 is 0 Å². The number of carboxylic acids is 1. The Morgan fingerprint density at radius 1 is 0.950 bits per heavy atom. The highest BCUT2D eigenvalue weighted by Gasteiger charge is 2.28. The highest BCUT2D eigenvalue weighted by atomic mass is 16.4. The molecule has 0 spiro atoms. The Labute approximate surface area is 113 Å². The first-order valence-corrected chi connectivity index (χ1v) is 6.18. The zero-order valence-corrected chi connectivity index (χ0v) is 10.3. The van der Waals surface area contributed by atoms with Crippen molar-refractivity contribution in [3.63, 3.8) is 0 Å². The quantitative estimate of drug-likeness (QED) is 0.568. The number of benzene rings is 2. The molecule has 0 radical (unpaired) electrons. The molecular weight excluding hydrogens is 254 g/mol. The van der Waals surface area contributed by atoms with Gasteiger partial charge in [0.2, 0.25) is 0 Å². The third-order valence-electron chi connectivity index (χ3n) is 3.71. The molecule has 0 amide bonds. The Bertz CT molecular complexity index is 905. The summed E-state index contributed by atoms with van der Waals surface area (Å²) < 4.78 is 0. The second-order valence-electron chi connectivity index (χ2n) is 4.77. The van der Waals surface area contributed by atoms with Crippen LogP contribution in [0, 0.1) is 0 Å². The molecule has 3 aromatic rings. The predicted molar refractivity (Wildman–Crippen MR) is 71.5 cm³/mol. The highest BCUT2D eigenvalue weighted by Crippen LogP contribution is 2.41.